The highest BCUT2D eigenvalue weighted by atomic mass is 35.5. The Hall–Kier alpha value is -0.510. The Kier molecular flexibility index (Phi) is 4.93. The van der Waals surface area contributed by atoms with Crippen LogP contribution in [0.2, 0.25) is 10.0 Å². The average Bonchev–Trinajstić information content (AvgIpc) is 2.31. The molecule has 0 radical (unpaired) electrons. The van der Waals surface area contributed by atoms with E-state index in [4.69, 9.17) is 23.2 Å². The third-order valence-electron chi connectivity index (χ3n) is 3.67. The summed E-state index contributed by atoms with van der Waals surface area (Å²) in [4.78, 5) is 2.16. The van der Waals surface area contributed by atoms with Crippen molar-refractivity contribution >= 4 is 28.9 Å². The molecule has 1 aromatic rings. The third kappa shape index (κ3) is 3.33. The number of piperidine rings is 1. The van der Waals surface area contributed by atoms with E-state index in [9.17, 15) is 4.39 Å². The van der Waals surface area contributed by atoms with Crippen molar-refractivity contribution in [3.8, 4) is 0 Å². The van der Waals surface area contributed by atoms with Crippen molar-refractivity contribution in [1.82, 2.24) is 5.32 Å². The van der Waals surface area contributed by atoms with Crippen LogP contribution in [-0.4, -0.2) is 25.7 Å². The quantitative estimate of drug-likeness (QED) is 0.909. The third-order valence-corrected chi connectivity index (χ3v) is 4.25. The fourth-order valence-electron chi connectivity index (χ4n) is 2.75. The zero-order valence-corrected chi connectivity index (χ0v) is 12.7. The summed E-state index contributed by atoms with van der Waals surface area (Å²) in [5.41, 5.74) is 0.756. The van der Waals surface area contributed by atoms with Crippen molar-refractivity contribution < 1.29 is 4.39 Å². The first-order valence-corrected chi connectivity index (χ1v) is 7.41. The van der Waals surface area contributed by atoms with Crippen LogP contribution in [0.3, 0.4) is 0 Å². The normalized spacial score (nSPS) is 23.7. The number of benzene rings is 1. The monoisotopic (exact) mass is 304 g/mol. The molecule has 1 fully saturated rings. The van der Waals surface area contributed by atoms with E-state index in [2.05, 4.69) is 24.1 Å². The SMILES string of the molecule is CCNC1CCN(c2c(Cl)cc(F)cc2Cl)CC1C. The molecule has 1 heterocycles. The summed E-state index contributed by atoms with van der Waals surface area (Å²) in [6.07, 6.45) is 1.04. The van der Waals surface area contributed by atoms with Crippen LogP contribution in [0.1, 0.15) is 20.3 Å². The molecule has 5 heteroatoms. The maximum absolute atomic E-state index is 13.2. The summed E-state index contributed by atoms with van der Waals surface area (Å²) in [7, 11) is 0. The van der Waals surface area contributed by atoms with Crippen LogP contribution in [0.25, 0.3) is 0 Å². The molecule has 19 heavy (non-hydrogen) atoms. The van der Waals surface area contributed by atoms with Crippen LogP contribution in [0, 0.1) is 11.7 Å². The smallest absolute Gasteiger partial charge is 0.126 e. The highest BCUT2D eigenvalue weighted by Gasteiger charge is 2.27. The molecule has 0 spiro atoms. The summed E-state index contributed by atoms with van der Waals surface area (Å²) >= 11 is 12.3. The number of nitrogens with zero attached hydrogens (tertiary/aromatic N) is 1. The first-order chi connectivity index (χ1) is 9.02. The van der Waals surface area contributed by atoms with E-state index in [-0.39, 0.29) is 0 Å². The van der Waals surface area contributed by atoms with Crippen LogP contribution < -0.4 is 10.2 Å². The molecule has 0 saturated carbocycles. The lowest BCUT2D eigenvalue weighted by atomic mass is 9.93. The van der Waals surface area contributed by atoms with Crippen molar-refractivity contribution in [3.63, 3.8) is 0 Å². The fraction of sp³-hybridized carbons (Fsp3) is 0.571. The summed E-state index contributed by atoms with van der Waals surface area (Å²) in [6.45, 7) is 7.07. The van der Waals surface area contributed by atoms with Crippen molar-refractivity contribution in [2.45, 2.75) is 26.3 Å². The Morgan fingerprint density at radius 1 is 1.37 bits per heavy atom. The van der Waals surface area contributed by atoms with E-state index in [1.807, 2.05) is 0 Å². The zero-order valence-electron chi connectivity index (χ0n) is 11.2. The summed E-state index contributed by atoms with van der Waals surface area (Å²) in [6, 6.07) is 3.17. The molecule has 1 saturated heterocycles. The van der Waals surface area contributed by atoms with Crippen molar-refractivity contribution in [1.29, 1.82) is 0 Å². The molecule has 2 rings (SSSR count). The molecule has 2 unspecified atom stereocenters. The lowest BCUT2D eigenvalue weighted by Crippen LogP contribution is -2.48. The number of rotatable bonds is 3. The maximum Gasteiger partial charge on any atom is 0.126 e. The molecule has 1 aliphatic rings. The molecule has 2 atom stereocenters. The van der Waals surface area contributed by atoms with Crippen molar-refractivity contribution in [2.24, 2.45) is 5.92 Å². The minimum absolute atomic E-state index is 0.388. The second-order valence-electron chi connectivity index (χ2n) is 5.09. The van der Waals surface area contributed by atoms with Gasteiger partial charge in [0.1, 0.15) is 5.82 Å². The van der Waals surface area contributed by atoms with Gasteiger partial charge in [-0.3, -0.25) is 0 Å². The van der Waals surface area contributed by atoms with Gasteiger partial charge >= 0.3 is 0 Å². The summed E-state index contributed by atoms with van der Waals surface area (Å²) in [5.74, 6) is 0.111. The molecule has 1 aromatic carbocycles. The number of hydrogen-bond acceptors (Lipinski definition) is 2. The average molecular weight is 305 g/mol. The van der Waals surface area contributed by atoms with E-state index >= 15 is 0 Å². The van der Waals surface area contributed by atoms with Gasteiger partial charge < -0.3 is 10.2 Å². The molecule has 0 bridgehead atoms. The van der Waals surface area contributed by atoms with Crippen LogP contribution in [-0.2, 0) is 0 Å². The van der Waals surface area contributed by atoms with Gasteiger partial charge in [-0.15, -0.1) is 0 Å². The Balaban J connectivity index is 2.17. The number of anilines is 1. The molecule has 1 aliphatic heterocycles. The number of nitrogens with one attached hydrogen (secondary N) is 1. The molecular formula is C14H19Cl2FN2. The highest BCUT2D eigenvalue weighted by molar-refractivity contribution is 6.39. The Labute approximate surface area is 123 Å². The van der Waals surface area contributed by atoms with Gasteiger partial charge in [0.25, 0.3) is 0 Å². The molecule has 1 N–H and O–H groups in total. The van der Waals surface area contributed by atoms with Gasteiger partial charge in [-0.1, -0.05) is 37.0 Å². The van der Waals surface area contributed by atoms with Crippen molar-refractivity contribution in [2.75, 3.05) is 24.5 Å². The second kappa shape index (κ2) is 6.29. The van der Waals surface area contributed by atoms with Crippen LogP contribution >= 0.6 is 23.2 Å². The zero-order chi connectivity index (χ0) is 14.0. The first kappa shape index (κ1) is 14.9. The van der Waals surface area contributed by atoms with E-state index in [0.29, 0.717) is 22.0 Å². The van der Waals surface area contributed by atoms with Crippen molar-refractivity contribution in [3.05, 3.63) is 28.0 Å². The van der Waals surface area contributed by atoms with Gasteiger partial charge in [-0.05, 0) is 31.0 Å². The maximum atomic E-state index is 13.2. The highest BCUT2D eigenvalue weighted by Crippen LogP contribution is 2.36. The van der Waals surface area contributed by atoms with Gasteiger partial charge in [-0.2, -0.15) is 0 Å². The molecule has 0 aromatic heterocycles. The standard InChI is InChI=1S/C14H19Cl2FN2/c1-3-18-13-4-5-19(8-9(13)2)14-11(15)6-10(17)7-12(14)16/h6-7,9,13,18H,3-5,8H2,1-2H3. The van der Waals surface area contributed by atoms with E-state index in [1.54, 1.807) is 0 Å². The van der Waals surface area contributed by atoms with E-state index in [0.717, 1.165) is 31.7 Å². The molecule has 106 valence electrons. The van der Waals surface area contributed by atoms with Gasteiger partial charge in [0, 0.05) is 19.1 Å². The first-order valence-electron chi connectivity index (χ1n) is 6.65. The van der Waals surface area contributed by atoms with Gasteiger partial charge in [0.05, 0.1) is 15.7 Å². The molecule has 2 nitrogen and oxygen atoms in total. The largest absolute Gasteiger partial charge is 0.369 e. The molecular weight excluding hydrogens is 286 g/mol. The van der Waals surface area contributed by atoms with Crippen LogP contribution in [0.15, 0.2) is 12.1 Å². The Morgan fingerprint density at radius 2 is 2.00 bits per heavy atom. The lowest BCUT2D eigenvalue weighted by molar-refractivity contribution is 0.327. The Morgan fingerprint density at radius 3 is 2.53 bits per heavy atom. The predicted octanol–water partition coefficient (Wildman–Crippen LogP) is 3.96. The molecule has 0 amide bonds. The van der Waals surface area contributed by atoms with Crippen LogP contribution in [0.5, 0.6) is 0 Å². The minimum atomic E-state index is -0.394. The minimum Gasteiger partial charge on any atom is -0.369 e. The van der Waals surface area contributed by atoms with Crippen LogP contribution in [0.4, 0.5) is 10.1 Å². The van der Waals surface area contributed by atoms with Gasteiger partial charge in [-0.25, -0.2) is 4.39 Å². The number of halogens is 3. The topological polar surface area (TPSA) is 15.3 Å². The summed E-state index contributed by atoms with van der Waals surface area (Å²) < 4.78 is 13.2. The number of hydrogen-bond donors (Lipinski definition) is 1. The summed E-state index contributed by atoms with van der Waals surface area (Å²) in [5, 5.41) is 4.27. The van der Waals surface area contributed by atoms with E-state index < -0.39 is 5.82 Å². The molecule has 0 aliphatic carbocycles. The van der Waals surface area contributed by atoms with Gasteiger partial charge in [0.15, 0.2) is 0 Å². The lowest BCUT2D eigenvalue weighted by Gasteiger charge is -2.39. The van der Waals surface area contributed by atoms with Gasteiger partial charge in [0.2, 0.25) is 0 Å². The Bertz CT molecular complexity index is 430. The fourth-order valence-corrected chi connectivity index (χ4v) is 3.45. The predicted molar refractivity (Wildman–Crippen MR) is 79.9 cm³/mol. The van der Waals surface area contributed by atoms with E-state index in [1.165, 1.54) is 12.1 Å². The second-order valence-corrected chi connectivity index (χ2v) is 5.91.